The van der Waals surface area contributed by atoms with Gasteiger partial charge < -0.3 is 10.4 Å². The van der Waals surface area contributed by atoms with Crippen molar-refractivity contribution < 1.29 is 14.7 Å². The molecule has 0 aliphatic carbocycles. The van der Waals surface area contributed by atoms with Gasteiger partial charge in [0.15, 0.2) is 0 Å². The molecule has 0 saturated carbocycles. The van der Waals surface area contributed by atoms with Crippen molar-refractivity contribution in [3.8, 4) is 0 Å². The number of nitrogens with zero attached hydrogens (tertiary/aromatic N) is 1. The maximum absolute atomic E-state index is 11.7. The first-order valence-electron chi connectivity index (χ1n) is 5.84. The molecule has 5 nitrogen and oxygen atoms in total. The molecule has 92 valence electrons. The van der Waals surface area contributed by atoms with Crippen LogP contribution < -0.4 is 5.32 Å². The summed E-state index contributed by atoms with van der Waals surface area (Å²) in [5.74, 6) is -0.900. The first-order valence-corrected chi connectivity index (χ1v) is 5.84. The zero-order valence-corrected chi connectivity index (χ0v) is 9.90. The molecular weight excluding hydrogens is 208 g/mol. The minimum Gasteiger partial charge on any atom is -0.480 e. The van der Waals surface area contributed by atoms with Crippen LogP contribution in [0.25, 0.3) is 0 Å². The summed E-state index contributed by atoms with van der Waals surface area (Å²) in [6, 6.07) is -0.850. The quantitative estimate of drug-likeness (QED) is 0.717. The third-order valence-corrected chi connectivity index (χ3v) is 3.01. The molecule has 2 atom stereocenters. The zero-order chi connectivity index (χ0) is 12.1. The molecule has 1 rings (SSSR count). The van der Waals surface area contributed by atoms with Gasteiger partial charge in [0, 0.05) is 6.54 Å². The highest BCUT2D eigenvalue weighted by Gasteiger charge is 2.35. The number of carbonyl (C=O) groups is 2. The van der Waals surface area contributed by atoms with Gasteiger partial charge in [0.05, 0.1) is 6.04 Å². The lowest BCUT2D eigenvalue weighted by Gasteiger charge is -2.27. The number of aliphatic carboxylic acids is 1. The number of nitrogens with one attached hydrogen (secondary N) is 1. The van der Waals surface area contributed by atoms with E-state index in [9.17, 15) is 9.59 Å². The van der Waals surface area contributed by atoms with Crippen LogP contribution in [0.4, 0.5) is 0 Å². The molecule has 1 aliphatic heterocycles. The summed E-state index contributed by atoms with van der Waals surface area (Å²) in [7, 11) is 0. The Labute approximate surface area is 95.8 Å². The van der Waals surface area contributed by atoms with Crippen LogP contribution >= 0.6 is 0 Å². The van der Waals surface area contributed by atoms with Crippen LogP contribution in [0.1, 0.15) is 33.1 Å². The van der Waals surface area contributed by atoms with Crippen molar-refractivity contribution in [2.24, 2.45) is 0 Å². The Morgan fingerprint density at radius 1 is 1.56 bits per heavy atom. The van der Waals surface area contributed by atoms with Gasteiger partial charge in [0.1, 0.15) is 6.04 Å². The molecule has 0 aromatic rings. The molecular formula is C11H20N2O3. The van der Waals surface area contributed by atoms with Crippen molar-refractivity contribution in [3.63, 3.8) is 0 Å². The molecule has 1 fully saturated rings. The number of amides is 1. The molecule has 0 bridgehead atoms. The zero-order valence-electron chi connectivity index (χ0n) is 9.90. The van der Waals surface area contributed by atoms with E-state index in [1.807, 2.05) is 6.92 Å². The van der Waals surface area contributed by atoms with Gasteiger partial charge in [-0.2, -0.15) is 0 Å². The number of hydrogen-bond acceptors (Lipinski definition) is 3. The van der Waals surface area contributed by atoms with Gasteiger partial charge in [0.2, 0.25) is 5.91 Å². The van der Waals surface area contributed by atoms with E-state index in [0.717, 1.165) is 12.8 Å². The van der Waals surface area contributed by atoms with Crippen LogP contribution in [-0.2, 0) is 9.59 Å². The summed E-state index contributed by atoms with van der Waals surface area (Å²) in [5.41, 5.74) is 0. The summed E-state index contributed by atoms with van der Waals surface area (Å²) in [6.07, 6.45) is 2.38. The second kappa shape index (κ2) is 5.84. The molecule has 2 unspecified atom stereocenters. The van der Waals surface area contributed by atoms with Gasteiger partial charge in [-0.15, -0.1) is 0 Å². The molecule has 1 amide bonds. The Kier molecular flexibility index (Phi) is 4.73. The van der Waals surface area contributed by atoms with Crippen molar-refractivity contribution in [2.75, 3.05) is 13.1 Å². The summed E-state index contributed by atoms with van der Waals surface area (Å²) < 4.78 is 0. The minimum atomic E-state index is -0.826. The van der Waals surface area contributed by atoms with E-state index in [1.165, 1.54) is 0 Å². The van der Waals surface area contributed by atoms with E-state index in [-0.39, 0.29) is 11.9 Å². The SMILES string of the molecule is CCCNC(=O)C(C)N1CCCC1C(=O)O. The standard InChI is InChI=1S/C11H20N2O3/c1-3-6-12-10(14)8(2)13-7-4-5-9(13)11(15)16/h8-9H,3-7H2,1-2H3,(H,12,14)(H,15,16). The van der Waals surface area contributed by atoms with Gasteiger partial charge in [0.25, 0.3) is 0 Å². The van der Waals surface area contributed by atoms with Gasteiger partial charge in [-0.25, -0.2) is 0 Å². The van der Waals surface area contributed by atoms with Crippen LogP contribution in [0.2, 0.25) is 0 Å². The summed E-state index contributed by atoms with van der Waals surface area (Å²) in [5, 5.41) is 11.8. The summed E-state index contributed by atoms with van der Waals surface area (Å²) in [6.45, 7) is 5.10. The molecule has 16 heavy (non-hydrogen) atoms. The van der Waals surface area contributed by atoms with Gasteiger partial charge in [-0.05, 0) is 32.7 Å². The molecule has 5 heteroatoms. The second-order valence-corrected chi connectivity index (χ2v) is 4.20. The lowest BCUT2D eigenvalue weighted by molar-refractivity contribution is -0.143. The highest BCUT2D eigenvalue weighted by atomic mass is 16.4. The Hall–Kier alpha value is -1.10. The Bertz CT molecular complexity index is 268. The molecule has 1 saturated heterocycles. The molecule has 1 heterocycles. The maximum atomic E-state index is 11.7. The van der Waals surface area contributed by atoms with Crippen LogP contribution in [0.3, 0.4) is 0 Å². The van der Waals surface area contributed by atoms with Crippen LogP contribution in [0, 0.1) is 0 Å². The normalized spacial score (nSPS) is 23.0. The fraction of sp³-hybridized carbons (Fsp3) is 0.818. The minimum absolute atomic E-state index is 0.0741. The van der Waals surface area contributed by atoms with E-state index in [0.29, 0.717) is 19.5 Å². The van der Waals surface area contributed by atoms with Crippen molar-refractivity contribution in [3.05, 3.63) is 0 Å². The smallest absolute Gasteiger partial charge is 0.320 e. The Morgan fingerprint density at radius 3 is 2.81 bits per heavy atom. The first kappa shape index (κ1) is 13.0. The van der Waals surface area contributed by atoms with E-state index < -0.39 is 12.0 Å². The van der Waals surface area contributed by atoms with Crippen molar-refractivity contribution in [2.45, 2.75) is 45.2 Å². The van der Waals surface area contributed by atoms with E-state index in [1.54, 1.807) is 11.8 Å². The third-order valence-electron chi connectivity index (χ3n) is 3.01. The lowest BCUT2D eigenvalue weighted by Crippen LogP contribution is -2.49. The van der Waals surface area contributed by atoms with Gasteiger partial charge in [-0.3, -0.25) is 14.5 Å². The fourth-order valence-corrected chi connectivity index (χ4v) is 2.06. The third kappa shape index (κ3) is 2.95. The van der Waals surface area contributed by atoms with E-state index in [2.05, 4.69) is 5.32 Å². The van der Waals surface area contributed by atoms with Gasteiger partial charge in [-0.1, -0.05) is 6.92 Å². The number of rotatable bonds is 5. The first-order chi connectivity index (χ1) is 7.57. The number of likely N-dealkylation sites (tertiary alicyclic amines) is 1. The Morgan fingerprint density at radius 2 is 2.25 bits per heavy atom. The number of hydrogen-bond donors (Lipinski definition) is 2. The monoisotopic (exact) mass is 228 g/mol. The Balaban J connectivity index is 2.55. The molecule has 0 spiro atoms. The second-order valence-electron chi connectivity index (χ2n) is 4.20. The summed E-state index contributed by atoms with van der Waals surface area (Å²) in [4.78, 5) is 24.5. The van der Waals surface area contributed by atoms with Crippen LogP contribution in [0.15, 0.2) is 0 Å². The largest absolute Gasteiger partial charge is 0.480 e. The number of carbonyl (C=O) groups excluding carboxylic acids is 1. The molecule has 0 radical (unpaired) electrons. The predicted molar refractivity (Wildman–Crippen MR) is 60.1 cm³/mol. The summed E-state index contributed by atoms with van der Waals surface area (Å²) >= 11 is 0. The van der Waals surface area contributed by atoms with Crippen LogP contribution in [-0.4, -0.2) is 47.1 Å². The average molecular weight is 228 g/mol. The van der Waals surface area contributed by atoms with Gasteiger partial charge >= 0.3 is 5.97 Å². The van der Waals surface area contributed by atoms with Crippen molar-refractivity contribution in [1.82, 2.24) is 10.2 Å². The van der Waals surface area contributed by atoms with E-state index >= 15 is 0 Å². The number of carboxylic acid groups (broad SMARTS) is 1. The molecule has 2 N–H and O–H groups in total. The molecule has 0 aromatic carbocycles. The average Bonchev–Trinajstić information content (AvgIpc) is 2.73. The topological polar surface area (TPSA) is 69.6 Å². The highest BCUT2D eigenvalue weighted by Crippen LogP contribution is 2.20. The maximum Gasteiger partial charge on any atom is 0.320 e. The van der Waals surface area contributed by atoms with Crippen molar-refractivity contribution in [1.29, 1.82) is 0 Å². The fourth-order valence-electron chi connectivity index (χ4n) is 2.06. The predicted octanol–water partition coefficient (Wildman–Crippen LogP) is 0.450. The van der Waals surface area contributed by atoms with Crippen LogP contribution in [0.5, 0.6) is 0 Å². The van der Waals surface area contributed by atoms with Crippen molar-refractivity contribution >= 4 is 11.9 Å². The number of carboxylic acids is 1. The highest BCUT2D eigenvalue weighted by molar-refractivity contribution is 5.82. The molecule has 1 aliphatic rings. The van der Waals surface area contributed by atoms with E-state index in [4.69, 9.17) is 5.11 Å². The lowest BCUT2D eigenvalue weighted by atomic mass is 10.2. The molecule has 0 aromatic heterocycles.